The normalized spacial score (nSPS) is 26.9. The van der Waals surface area contributed by atoms with Crippen LogP contribution < -0.4 is 5.32 Å². The molecule has 3 heteroatoms. The zero-order valence-electron chi connectivity index (χ0n) is 10.8. The molecular weight excluding hydrogens is 214 g/mol. The maximum atomic E-state index is 5.45. The second kappa shape index (κ2) is 6.22. The summed E-state index contributed by atoms with van der Waals surface area (Å²) >= 11 is 0. The van der Waals surface area contributed by atoms with Crippen molar-refractivity contribution in [3.63, 3.8) is 0 Å². The molecule has 1 fully saturated rings. The van der Waals surface area contributed by atoms with Gasteiger partial charge in [-0.1, -0.05) is 0 Å². The van der Waals surface area contributed by atoms with Crippen LogP contribution in [0.5, 0.6) is 0 Å². The molecule has 17 heavy (non-hydrogen) atoms. The molecule has 0 bridgehead atoms. The van der Waals surface area contributed by atoms with Gasteiger partial charge in [0.15, 0.2) is 0 Å². The highest BCUT2D eigenvalue weighted by Gasteiger charge is 2.22. The van der Waals surface area contributed by atoms with Gasteiger partial charge in [0, 0.05) is 25.6 Å². The zero-order valence-corrected chi connectivity index (χ0v) is 10.8. The lowest BCUT2D eigenvalue weighted by Crippen LogP contribution is -2.42. The summed E-state index contributed by atoms with van der Waals surface area (Å²) in [6.07, 6.45) is 8.02. The predicted molar refractivity (Wildman–Crippen MR) is 68.1 cm³/mol. The second-order valence-electron chi connectivity index (χ2n) is 5.07. The third-order valence-electron chi connectivity index (χ3n) is 3.57. The van der Waals surface area contributed by atoms with Crippen LogP contribution in [0.2, 0.25) is 0 Å². The molecule has 1 aliphatic rings. The van der Waals surface area contributed by atoms with Crippen molar-refractivity contribution in [3.8, 4) is 0 Å². The van der Waals surface area contributed by atoms with E-state index in [1.54, 1.807) is 6.26 Å². The average molecular weight is 237 g/mol. The summed E-state index contributed by atoms with van der Waals surface area (Å²) in [7, 11) is 1.82. The minimum Gasteiger partial charge on any atom is -0.469 e. The third kappa shape index (κ3) is 3.86. The smallest absolute Gasteiger partial charge is 0.105 e. The van der Waals surface area contributed by atoms with Crippen molar-refractivity contribution < 1.29 is 9.15 Å². The van der Waals surface area contributed by atoms with Crippen LogP contribution in [0.4, 0.5) is 0 Å². The van der Waals surface area contributed by atoms with Gasteiger partial charge in [-0.25, -0.2) is 0 Å². The van der Waals surface area contributed by atoms with Gasteiger partial charge in [0.1, 0.15) is 5.76 Å². The minimum atomic E-state index is 0.442. The minimum absolute atomic E-state index is 0.442. The first kappa shape index (κ1) is 12.7. The Kier molecular flexibility index (Phi) is 4.63. The maximum absolute atomic E-state index is 5.45. The first-order chi connectivity index (χ1) is 8.28. The largest absolute Gasteiger partial charge is 0.469 e. The van der Waals surface area contributed by atoms with Gasteiger partial charge < -0.3 is 14.5 Å². The second-order valence-corrected chi connectivity index (χ2v) is 5.07. The Morgan fingerprint density at radius 3 is 3.12 bits per heavy atom. The molecule has 2 rings (SSSR count). The fourth-order valence-electron chi connectivity index (χ4n) is 2.70. The van der Waals surface area contributed by atoms with Gasteiger partial charge in [0.2, 0.25) is 0 Å². The first-order valence-electron chi connectivity index (χ1n) is 6.59. The Bertz CT molecular complexity index is 310. The number of rotatable bonds is 5. The van der Waals surface area contributed by atoms with Crippen molar-refractivity contribution in [2.45, 2.75) is 57.2 Å². The standard InChI is InChI=1S/C14H23NO2/c1-11(9-14-7-4-8-17-14)15-12-5-3-6-13(10-12)16-2/h4,7-8,11-13,15H,3,5-6,9-10H2,1-2H3. The summed E-state index contributed by atoms with van der Waals surface area (Å²) in [6.45, 7) is 2.22. The zero-order chi connectivity index (χ0) is 12.1. The Morgan fingerprint density at radius 2 is 2.41 bits per heavy atom. The highest BCUT2D eigenvalue weighted by Crippen LogP contribution is 2.21. The Morgan fingerprint density at radius 1 is 1.53 bits per heavy atom. The predicted octanol–water partition coefficient (Wildman–Crippen LogP) is 2.76. The third-order valence-corrected chi connectivity index (χ3v) is 3.57. The van der Waals surface area contributed by atoms with E-state index < -0.39 is 0 Å². The van der Waals surface area contributed by atoms with Crippen molar-refractivity contribution in [3.05, 3.63) is 24.2 Å². The van der Waals surface area contributed by atoms with E-state index in [4.69, 9.17) is 9.15 Å². The molecule has 3 atom stereocenters. The molecule has 1 aliphatic carbocycles. The quantitative estimate of drug-likeness (QED) is 0.855. The average Bonchev–Trinajstić information content (AvgIpc) is 2.82. The highest BCUT2D eigenvalue weighted by molar-refractivity contribution is 5.00. The lowest BCUT2D eigenvalue weighted by atomic mass is 9.92. The van der Waals surface area contributed by atoms with Gasteiger partial charge >= 0.3 is 0 Å². The first-order valence-corrected chi connectivity index (χ1v) is 6.59. The maximum Gasteiger partial charge on any atom is 0.105 e. The molecule has 1 heterocycles. The molecule has 0 aliphatic heterocycles. The van der Waals surface area contributed by atoms with Gasteiger partial charge in [-0.05, 0) is 44.7 Å². The van der Waals surface area contributed by atoms with Crippen LogP contribution in [0, 0.1) is 0 Å². The van der Waals surface area contributed by atoms with Crippen LogP contribution in [0.15, 0.2) is 22.8 Å². The SMILES string of the molecule is COC1CCCC(NC(C)Cc2ccco2)C1. The molecule has 1 N–H and O–H groups in total. The van der Waals surface area contributed by atoms with E-state index >= 15 is 0 Å². The molecule has 0 aromatic carbocycles. The molecule has 0 saturated heterocycles. The lowest BCUT2D eigenvalue weighted by molar-refractivity contribution is 0.0572. The molecule has 3 nitrogen and oxygen atoms in total. The summed E-state index contributed by atoms with van der Waals surface area (Å²) in [5.41, 5.74) is 0. The van der Waals surface area contributed by atoms with E-state index in [1.807, 2.05) is 19.2 Å². The monoisotopic (exact) mass is 237 g/mol. The van der Waals surface area contributed by atoms with Crippen LogP contribution in [0.3, 0.4) is 0 Å². The van der Waals surface area contributed by atoms with Crippen molar-refractivity contribution in [1.29, 1.82) is 0 Å². The van der Waals surface area contributed by atoms with Gasteiger partial charge in [0.05, 0.1) is 12.4 Å². The molecular formula is C14H23NO2. The van der Waals surface area contributed by atoms with E-state index in [1.165, 1.54) is 19.3 Å². The molecule has 0 spiro atoms. The van der Waals surface area contributed by atoms with Crippen LogP contribution >= 0.6 is 0 Å². The van der Waals surface area contributed by atoms with Crippen molar-refractivity contribution >= 4 is 0 Å². The van der Waals surface area contributed by atoms with E-state index in [2.05, 4.69) is 12.2 Å². The van der Waals surface area contributed by atoms with E-state index in [0.717, 1.165) is 18.6 Å². The molecule has 96 valence electrons. The fraction of sp³-hybridized carbons (Fsp3) is 0.714. The Hall–Kier alpha value is -0.800. The fourth-order valence-corrected chi connectivity index (χ4v) is 2.70. The summed E-state index contributed by atoms with van der Waals surface area (Å²) in [5, 5.41) is 3.68. The highest BCUT2D eigenvalue weighted by atomic mass is 16.5. The van der Waals surface area contributed by atoms with Crippen molar-refractivity contribution in [1.82, 2.24) is 5.32 Å². The number of ether oxygens (including phenoxy) is 1. The summed E-state index contributed by atoms with van der Waals surface area (Å²) in [4.78, 5) is 0. The molecule has 1 aromatic heterocycles. The molecule has 3 unspecified atom stereocenters. The summed E-state index contributed by atoms with van der Waals surface area (Å²) < 4.78 is 10.8. The number of hydrogen-bond acceptors (Lipinski definition) is 3. The van der Waals surface area contributed by atoms with Gasteiger partial charge in [0.25, 0.3) is 0 Å². The van der Waals surface area contributed by atoms with E-state index in [-0.39, 0.29) is 0 Å². The summed E-state index contributed by atoms with van der Waals surface area (Å²) in [5.74, 6) is 1.06. The van der Waals surface area contributed by atoms with Crippen molar-refractivity contribution in [2.24, 2.45) is 0 Å². The van der Waals surface area contributed by atoms with Crippen LogP contribution in [-0.2, 0) is 11.2 Å². The van der Waals surface area contributed by atoms with Crippen molar-refractivity contribution in [2.75, 3.05) is 7.11 Å². The molecule has 0 amide bonds. The molecule has 1 aromatic rings. The Labute approximate surface area is 104 Å². The Balaban J connectivity index is 1.76. The number of methoxy groups -OCH3 is 1. The van der Waals surface area contributed by atoms with Gasteiger partial charge in [-0.2, -0.15) is 0 Å². The topological polar surface area (TPSA) is 34.4 Å². The van der Waals surface area contributed by atoms with E-state index in [0.29, 0.717) is 18.2 Å². The number of hydrogen-bond donors (Lipinski definition) is 1. The lowest BCUT2D eigenvalue weighted by Gasteiger charge is -2.31. The van der Waals surface area contributed by atoms with E-state index in [9.17, 15) is 0 Å². The van der Waals surface area contributed by atoms with Crippen LogP contribution in [-0.4, -0.2) is 25.3 Å². The number of nitrogens with one attached hydrogen (secondary N) is 1. The molecule has 1 saturated carbocycles. The van der Waals surface area contributed by atoms with Crippen LogP contribution in [0.1, 0.15) is 38.4 Å². The molecule has 0 radical (unpaired) electrons. The van der Waals surface area contributed by atoms with Gasteiger partial charge in [-0.3, -0.25) is 0 Å². The summed E-state index contributed by atoms with van der Waals surface area (Å²) in [6, 6.07) is 5.04. The van der Waals surface area contributed by atoms with Gasteiger partial charge in [-0.15, -0.1) is 0 Å². The number of furan rings is 1. The van der Waals surface area contributed by atoms with Crippen LogP contribution in [0.25, 0.3) is 0 Å².